The highest BCUT2D eigenvalue weighted by Gasteiger charge is 2.19. The van der Waals surface area contributed by atoms with E-state index in [4.69, 9.17) is 32.7 Å². The molecule has 0 saturated heterocycles. The zero-order chi connectivity index (χ0) is 21.3. The summed E-state index contributed by atoms with van der Waals surface area (Å²) < 4.78 is 11.0. The van der Waals surface area contributed by atoms with Crippen molar-refractivity contribution >= 4 is 57.2 Å². The van der Waals surface area contributed by atoms with Crippen LogP contribution in [0.25, 0.3) is 11.3 Å². The Morgan fingerprint density at radius 1 is 1.30 bits per heavy atom. The molecule has 0 saturated carbocycles. The second kappa shape index (κ2) is 8.51. The standard InChI is InChI=1S/C20H15Cl2N3O4S/c1-10(29-16-5-3-12(21)7-13(16)22)19(27)25-20-24-15(9-30-20)11-2-4-17-14(6-11)23-18(26)8-28-17/h2-7,9-10H,8H2,1H3,(H,23,26)(H,24,25,27). The third kappa shape index (κ3) is 4.51. The average Bonchev–Trinajstić information content (AvgIpc) is 3.18. The van der Waals surface area contributed by atoms with Crippen molar-refractivity contribution in [3.8, 4) is 22.8 Å². The summed E-state index contributed by atoms with van der Waals surface area (Å²) in [5, 5.41) is 8.53. The average molecular weight is 464 g/mol. The first-order valence-electron chi connectivity index (χ1n) is 8.84. The van der Waals surface area contributed by atoms with E-state index in [2.05, 4.69) is 15.6 Å². The molecule has 0 bridgehead atoms. The number of ether oxygens (including phenoxy) is 2. The molecule has 1 unspecified atom stereocenters. The Morgan fingerprint density at radius 2 is 2.13 bits per heavy atom. The van der Waals surface area contributed by atoms with Crippen LogP contribution in [0.5, 0.6) is 11.5 Å². The summed E-state index contributed by atoms with van der Waals surface area (Å²) in [6, 6.07) is 10.2. The van der Waals surface area contributed by atoms with Gasteiger partial charge in [0, 0.05) is 16.0 Å². The van der Waals surface area contributed by atoms with Crippen LogP contribution in [-0.2, 0) is 9.59 Å². The summed E-state index contributed by atoms with van der Waals surface area (Å²) in [6.45, 7) is 1.61. The predicted octanol–water partition coefficient (Wildman–Crippen LogP) is 4.85. The van der Waals surface area contributed by atoms with E-state index in [1.54, 1.807) is 37.3 Å². The lowest BCUT2D eigenvalue weighted by Crippen LogP contribution is -2.30. The number of nitrogens with one attached hydrogen (secondary N) is 2. The molecule has 0 spiro atoms. The highest BCUT2D eigenvalue weighted by molar-refractivity contribution is 7.14. The number of hydrogen-bond donors (Lipinski definition) is 2. The van der Waals surface area contributed by atoms with Gasteiger partial charge >= 0.3 is 0 Å². The lowest BCUT2D eigenvalue weighted by atomic mass is 10.1. The molecule has 0 aliphatic carbocycles. The maximum absolute atomic E-state index is 12.5. The largest absolute Gasteiger partial charge is 0.482 e. The van der Waals surface area contributed by atoms with Crippen LogP contribution in [0.4, 0.5) is 10.8 Å². The van der Waals surface area contributed by atoms with E-state index >= 15 is 0 Å². The van der Waals surface area contributed by atoms with Crippen molar-refractivity contribution in [2.45, 2.75) is 13.0 Å². The third-order valence-corrected chi connectivity index (χ3v) is 5.50. The van der Waals surface area contributed by atoms with Crippen molar-refractivity contribution in [2.24, 2.45) is 0 Å². The summed E-state index contributed by atoms with van der Waals surface area (Å²) in [7, 11) is 0. The summed E-state index contributed by atoms with van der Waals surface area (Å²) in [6.07, 6.45) is -0.799. The van der Waals surface area contributed by atoms with Gasteiger partial charge in [0.2, 0.25) is 0 Å². The Labute approximate surface area is 185 Å². The number of thiazole rings is 1. The summed E-state index contributed by atoms with van der Waals surface area (Å²) in [5.41, 5.74) is 2.03. The monoisotopic (exact) mass is 463 g/mol. The van der Waals surface area contributed by atoms with E-state index in [9.17, 15) is 9.59 Å². The molecule has 2 heterocycles. The van der Waals surface area contributed by atoms with Gasteiger partial charge in [0.1, 0.15) is 11.5 Å². The minimum absolute atomic E-state index is 0.000710. The molecule has 1 aliphatic rings. The molecule has 10 heteroatoms. The second-order valence-corrected chi connectivity index (χ2v) is 8.11. The van der Waals surface area contributed by atoms with Gasteiger partial charge in [-0.15, -0.1) is 11.3 Å². The number of aromatic nitrogens is 1. The molecule has 30 heavy (non-hydrogen) atoms. The molecule has 1 aliphatic heterocycles. The van der Waals surface area contributed by atoms with Gasteiger partial charge in [0.25, 0.3) is 11.8 Å². The van der Waals surface area contributed by atoms with Gasteiger partial charge in [0.05, 0.1) is 16.4 Å². The number of amides is 2. The van der Waals surface area contributed by atoms with Gasteiger partial charge in [-0.2, -0.15) is 0 Å². The number of carbonyl (C=O) groups excluding carboxylic acids is 2. The highest BCUT2D eigenvalue weighted by Crippen LogP contribution is 2.34. The predicted molar refractivity (Wildman–Crippen MR) is 117 cm³/mol. The van der Waals surface area contributed by atoms with E-state index in [-0.39, 0.29) is 18.4 Å². The maximum atomic E-state index is 12.5. The van der Waals surface area contributed by atoms with Crippen LogP contribution in [0, 0.1) is 0 Å². The second-order valence-electron chi connectivity index (χ2n) is 6.41. The van der Waals surface area contributed by atoms with E-state index in [1.165, 1.54) is 11.3 Å². The van der Waals surface area contributed by atoms with Gasteiger partial charge < -0.3 is 14.8 Å². The Balaban J connectivity index is 1.43. The minimum atomic E-state index is -0.799. The van der Waals surface area contributed by atoms with Crippen molar-refractivity contribution in [3.05, 3.63) is 51.8 Å². The Bertz CT molecular complexity index is 1130. The molecule has 2 N–H and O–H groups in total. The number of hydrogen-bond acceptors (Lipinski definition) is 6. The molecular weight excluding hydrogens is 449 g/mol. The van der Waals surface area contributed by atoms with E-state index < -0.39 is 6.10 Å². The highest BCUT2D eigenvalue weighted by atomic mass is 35.5. The number of anilines is 2. The number of rotatable bonds is 5. The van der Waals surface area contributed by atoms with Crippen molar-refractivity contribution in [1.29, 1.82) is 0 Å². The lowest BCUT2D eigenvalue weighted by molar-refractivity contribution is -0.122. The van der Waals surface area contributed by atoms with Crippen LogP contribution in [0.3, 0.4) is 0 Å². The van der Waals surface area contributed by atoms with E-state index in [1.807, 2.05) is 11.4 Å². The molecule has 1 atom stereocenters. The quantitative estimate of drug-likeness (QED) is 0.564. The number of carbonyl (C=O) groups is 2. The first-order valence-corrected chi connectivity index (χ1v) is 10.5. The summed E-state index contributed by atoms with van der Waals surface area (Å²) in [4.78, 5) is 28.4. The smallest absolute Gasteiger partial charge is 0.266 e. The molecule has 7 nitrogen and oxygen atoms in total. The zero-order valence-corrected chi connectivity index (χ0v) is 17.9. The van der Waals surface area contributed by atoms with Crippen molar-refractivity contribution in [3.63, 3.8) is 0 Å². The molecule has 2 aromatic carbocycles. The molecule has 2 amide bonds. The Morgan fingerprint density at radius 3 is 2.93 bits per heavy atom. The maximum Gasteiger partial charge on any atom is 0.266 e. The number of nitrogens with zero attached hydrogens (tertiary/aromatic N) is 1. The fourth-order valence-electron chi connectivity index (χ4n) is 2.73. The zero-order valence-electron chi connectivity index (χ0n) is 15.6. The van der Waals surface area contributed by atoms with Crippen LogP contribution in [-0.4, -0.2) is 29.5 Å². The third-order valence-electron chi connectivity index (χ3n) is 4.21. The number of fused-ring (bicyclic) bond motifs is 1. The van der Waals surface area contributed by atoms with Gasteiger partial charge in [0.15, 0.2) is 17.8 Å². The minimum Gasteiger partial charge on any atom is -0.482 e. The molecular formula is C20H15Cl2N3O4S. The SMILES string of the molecule is CC(Oc1ccc(Cl)cc1Cl)C(=O)Nc1nc(-c2ccc3c(c2)NC(=O)CO3)cs1. The molecule has 1 aromatic heterocycles. The van der Waals surface area contributed by atoms with Gasteiger partial charge in [-0.25, -0.2) is 4.98 Å². The van der Waals surface area contributed by atoms with Gasteiger partial charge in [-0.3, -0.25) is 14.9 Å². The normalized spacial score (nSPS) is 13.6. The van der Waals surface area contributed by atoms with Gasteiger partial charge in [-0.1, -0.05) is 23.2 Å². The van der Waals surface area contributed by atoms with Crippen molar-refractivity contribution in [2.75, 3.05) is 17.2 Å². The number of benzene rings is 2. The fraction of sp³-hybridized carbons (Fsp3) is 0.150. The number of halogens is 2. The van der Waals surface area contributed by atoms with Gasteiger partial charge in [-0.05, 0) is 43.3 Å². The van der Waals surface area contributed by atoms with Crippen molar-refractivity contribution < 1.29 is 19.1 Å². The first-order chi connectivity index (χ1) is 14.4. The fourth-order valence-corrected chi connectivity index (χ4v) is 3.90. The molecule has 4 rings (SSSR count). The molecule has 3 aromatic rings. The van der Waals surface area contributed by atoms with Crippen LogP contribution < -0.4 is 20.1 Å². The summed E-state index contributed by atoms with van der Waals surface area (Å²) >= 11 is 13.2. The Hall–Kier alpha value is -2.81. The van der Waals surface area contributed by atoms with Crippen LogP contribution in [0.1, 0.15) is 6.92 Å². The van der Waals surface area contributed by atoms with E-state index in [0.717, 1.165) is 5.56 Å². The molecule has 154 valence electrons. The van der Waals surface area contributed by atoms with Crippen LogP contribution in [0.2, 0.25) is 10.0 Å². The summed E-state index contributed by atoms with van der Waals surface area (Å²) in [5.74, 6) is 0.393. The van der Waals surface area contributed by atoms with Crippen molar-refractivity contribution in [1.82, 2.24) is 4.98 Å². The Kier molecular flexibility index (Phi) is 5.80. The van der Waals surface area contributed by atoms with Crippen LogP contribution in [0.15, 0.2) is 41.8 Å². The van der Waals surface area contributed by atoms with E-state index in [0.29, 0.717) is 38.1 Å². The first kappa shape index (κ1) is 20.5. The molecule has 0 radical (unpaired) electrons. The lowest BCUT2D eigenvalue weighted by Gasteiger charge is -2.18. The topological polar surface area (TPSA) is 89.5 Å². The van der Waals surface area contributed by atoms with Crippen LogP contribution >= 0.6 is 34.5 Å². The molecule has 0 fully saturated rings.